The van der Waals surface area contributed by atoms with Crippen molar-refractivity contribution in [2.45, 2.75) is 52.5 Å². The maximum Gasteiger partial charge on any atom is 0.329 e. The molecule has 0 fully saturated rings. The third kappa shape index (κ3) is 3.54. The Hall–Kier alpha value is -1.59. The number of nitrogens with zero attached hydrogens (tertiary/aromatic N) is 2. The van der Waals surface area contributed by atoms with Crippen LogP contribution >= 0.6 is 0 Å². The molecule has 0 radical (unpaired) electrons. The molecule has 1 heterocycles. The second kappa shape index (κ2) is 6.91. The number of benzene rings is 1. The van der Waals surface area contributed by atoms with Crippen molar-refractivity contribution in [3.05, 3.63) is 34.7 Å². The predicted octanol–water partition coefficient (Wildman–Crippen LogP) is 2.00. The van der Waals surface area contributed by atoms with Crippen LogP contribution in [-0.4, -0.2) is 33.1 Å². The summed E-state index contributed by atoms with van der Waals surface area (Å²) in [6.45, 7) is 7.06. The summed E-state index contributed by atoms with van der Waals surface area (Å²) in [6, 6.07) is 7.70. The number of hydrogen-bond donors (Lipinski definition) is 1. The maximum atomic E-state index is 12.5. The number of hydrogen-bond acceptors (Lipinski definition) is 3. The Morgan fingerprint density at radius 3 is 2.38 bits per heavy atom. The molecule has 2 rings (SSSR count). The van der Waals surface area contributed by atoms with E-state index in [9.17, 15) is 9.90 Å². The summed E-state index contributed by atoms with van der Waals surface area (Å²) in [6.07, 6.45) is 0.274. The van der Waals surface area contributed by atoms with E-state index >= 15 is 0 Å². The molecule has 21 heavy (non-hydrogen) atoms. The molecule has 2 aromatic rings. The molecule has 5 heteroatoms. The number of ether oxygens (including phenoxy) is 1. The van der Waals surface area contributed by atoms with Crippen molar-refractivity contribution >= 4 is 11.0 Å². The highest BCUT2D eigenvalue weighted by Crippen LogP contribution is 2.13. The number of aryl methyl sites for hydroxylation is 1. The van der Waals surface area contributed by atoms with Gasteiger partial charge >= 0.3 is 5.69 Å². The summed E-state index contributed by atoms with van der Waals surface area (Å²) < 4.78 is 8.82. The molecule has 0 amide bonds. The molecular weight excluding hydrogens is 268 g/mol. The first-order valence-electron chi connectivity index (χ1n) is 7.52. The monoisotopic (exact) mass is 292 g/mol. The van der Waals surface area contributed by atoms with Gasteiger partial charge in [-0.2, -0.15) is 0 Å². The van der Waals surface area contributed by atoms with Crippen molar-refractivity contribution in [2.24, 2.45) is 0 Å². The molecule has 0 aliphatic heterocycles. The lowest BCUT2D eigenvalue weighted by molar-refractivity contribution is -0.000674. The van der Waals surface area contributed by atoms with Gasteiger partial charge in [0.1, 0.15) is 0 Å². The van der Waals surface area contributed by atoms with Gasteiger partial charge in [0.2, 0.25) is 0 Å². The van der Waals surface area contributed by atoms with E-state index in [1.165, 1.54) is 0 Å². The molecule has 116 valence electrons. The number of para-hydroxylation sites is 2. The van der Waals surface area contributed by atoms with Gasteiger partial charge < -0.3 is 9.84 Å². The summed E-state index contributed by atoms with van der Waals surface area (Å²) in [5.74, 6) is 0. The van der Waals surface area contributed by atoms with Crippen molar-refractivity contribution in [3.8, 4) is 0 Å². The molecule has 0 aliphatic carbocycles. The topological polar surface area (TPSA) is 56.4 Å². The first-order valence-corrected chi connectivity index (χ1v) is 7.52. The van der Waals surface area contributed by atoms with Crippen LogP contribution in [0.4, 0.5) is 0 Å². The molecule has 0 saturated carbocycles. The van der Waals surface area contributed by atoms with Crippen molar-refractivity contribution in [1.29, 1.82) is 0 Å². The zero-order chi connectivity index (χ0) is 15.4. The number of aliphatic hydroxyl groups excluding tert-OH is 1. The minimum Gasteiger partial charge on any atom is -0.389 e. The third-order valence-electron chi connectivity index (χ3n) is 3.39. The van der Waals surface area contributed by atoms with E-state index in [0.29, 0.717) is 6.54 Å². The second-order valence-corrected chi connectivity index (χ2v) is 5.57. The van der Waals surface area contributed by atoms with Crippen LogP contribution in [0.2, 0.25) is 0 Å². The lowest BCUT2D eigenvalue weighted by atomic mass is 10.3. The van der Waals surface area contributed by atoms with Gasteiger partial charge in [-0.3, -0.25) is 9.13 Å². The quantitative estimate of drug-likeness (QED) is 0.849. The zero-order valence-electron chi connectivity index (χ0n) is 13.0. The number of aliphatic hydroxyl groups is 1. The molecule has 1 N–H and O–H groups in total. The summed E-state index contributed by atoms with van der Waals surface area (Å²) >= 11 is 0. The Morgan fingerprint density at radius 1 is 1.19 bits per heavy atom. The van der Waals surface area contributed by atoms with Crippen LogP contribution in [-0.2, 0) is 17.8 Å². The van der Waals surface area contributed by atoms with Gasteiger partial charge in [0.15, 0.2) is 0 Å². The Labute approximate surface area is 124 Å². The van der Waals surface area contributed by atoms with Gasteiger partial charge in [-0.1, -0.05) is 19.1 Å². The first-order chi connectivity index (χ1) is 10.0. The van der Waals surface area contributed by atoms with Crippen molar-refractivity contribution in [1.82, 2.24) is 9.13 Å². The smallest absolute Gasteiger partial charge is 0.329 e. The van der Waals surface area contributed by atoms with Gasteiger partial charge in [-0.05, 0) is 32.4 Å². The zero-order valence-corrected chi connectivity index (χ0v) is 13.0. The summed E-state index contributed by atoms with van der Waals surface area (Å²) in [4.78, 5) is 12.5. The van der Waals surface area contributed by atoms with Gasteiger partial charge in [0, 0.05) is 6.54 Å². The Balaban J connectivity index is 2.31. The number of imidazole rings is 1. The number of fused-ring (bicyclic) bond motifs is 1. The summed E-state index contributed by atoms with van der Waals surface area (Å²) in [5.41, 5.74) is 1.71. The minimum atomic E-state index is -0.689. The van der Waals surface area contributed by atoms with Crippen LogP contribution in [0.1, 0.15) is 27.2 Å². The van der Waals surface area contributed by atoms with E-state index in [0.717, 1.165) is 17.5 Å². The fourth-order valence-electron chi connectivity index (χ4n) is 2.46. The summed E-state index contributed by atoms with van der Waals surface area (Å²) in [7, 11) is 0. The molecule has 1 atom stereocenters. The lowest BCUT2D eigenvalue weighted by Gasteiger charge is -2.14. The molecule has 0 saturated heterocycles. The minimum absolute atomic E-state index is 0.0674. The molecule has 5 nitrogen and oxygen atoms in total. The highest BCUT2D eigenvalue weighted by atomic mass is 16.5. The van der Waals surface area contributed by atoms with Crippen LogP contribution < -0.4 is 5.69 Å². The van der Waals surface area contributed by atoms with Gasteiger partial charge in [-0.15, -0.1) is 0 Å². The van der Waals surface area contributed by atoms with Gasteiger partial charge in [0.05, 0.1) is 36.4 Å². The molecule has 1 unspecified atom stereocenters. The standard InChI is InChI=1S/C16H24N2O3/c1-4-9-17-14-7-5-6-8-15(14)18(16(17)20)10-13(19)11-21-12(2)3/h5-8,12-13,19H,4,9-11H2,1-3H3. The van der Waals surface area contributed by atoms with Crippen molar-refractivity contribution < 1.29 is 9.84 Å². The molecule has 1 aromatic carbocycles. The fourth-order valence-corrected chi connectivity index (χ4v) is 2.46. The molecule has 1 aromatic heterocycles. The number of rotatable bonds is 7. The molecule has 0 aliphatic rings. The highest BCUT2D eigenvalue weighted by molar-refractivity contribution is 5.75. The van der Waals surface area contributed by atoms with Crippen molar-refractivity contribution in [3.63, 3.8) is 0 Å². The SMILES string of the molecule is CCCn1c(=O)n(CC(O)COC(C)C)c2ccccc21. The average Bonchev–Trinajstić information content (AvgIpc) is 2.71. The lowest BCUT2D eigenvalue weighted by Crippen LogP contribution is -2.31. The summed E-state index contributed by atoms with van der Waals surface area (Å²) in [5, 5.41) is 10.1. The molecule has 0 bridgehead atoms. The first kappa shape index (κ1) is 15.8. The highest BCUT2D eigenvalue weighted by Gasteiger charge is 2.15. The largest absolute Gasteiger partial charge is 0.389 e. The van der Waals surface area contributed by atoms with E-state index in [2.05, 4.69) is 0 Å². The van der Waals surface area contributed by atoms with E-state index < -0.39 is 6.10 Å². The fraction of sp³-hybridized carbons (Fsp3) is 0.562. The third-order valence-corrected chi connectivity index (χ3v) is 3.39. The van der Waals surface area contributed by atoms with E-state index in [1.54, 1.807) is 9.13 Å². The number of aromatic nitrogens is 2. The van der Waals surface area contributed by atoms with Crippen molar-refractivity contribution in [2.75, 3.05) is 6.61 Å². The predicted molar refractivity (Wildman–Crippen MR) is 83.6 cm³/mol. The Bertz CT molecular complexity index is 642. The normalized spacial score (nSPS) is 13.2. The maximum absolute atomic E-state index is 12.5. The van der Waals surface area contributed by atoms with E-state index in [1.807, 2.05) is 45.0 Å². The van der Waals surface area contributed by atoms with E-state index in [4.69, 9.17) is 4.74 Å². The second-order valence-electron chi connectivity index (χ2n) is 5.57. The average molecular weight is 292 g/mol. The van der Waals surface area contributed by atoms with Gasteiger partial charge in [0.25, 0.3) is 0 Å². The molecule has 0 spiro atoms. The van der Waals surface area contributed by atoms with Crippen LogP contribution in [0.15, 0.2) is 29.1 Å². The van der Waals surface area contributed by atoms with Crippen LogP contribution in [0, 0.1) is 0 Å². The van der Waals surface area contributed by atoms with Gasteiger partial charge in [-0.25, -0.2) is 4.79 Å². The van der Waals surface area contributed by atoms with Crippen LogP contribution in [0.3, 0.4) is 0 Å². The molecular formula is C16H24N2O3. The Morgan fingerprint density at radius 2 is 1.81 bits per heavy atom. The Kier molecular flexibility index (Phi) is 5.20. The van der Waals surface area contributed by atoms with Crippen LogP contribution in [0.25, 0.3) is 11.0 Å². The van der Waals surface area contributed by atoms with Crippen LogP contribution in [0.5, 0.6) is 0 Å². The van der Waals surface area contributed by atoms with E-state index in [-0.39, 0.29) is 24.9 Å².